The molecule has 3 atom stereocenters. The third-order valence-corrected chi connectivity index (χ3v) is 3.43. The Morgan fingerprint density at radius 3 is 2.65 bits per heavy atom. The fourth-order valence-corrected chi connectivity index (χ4v) is 2.31. The van der Waals surface area contributed by atoms with Crippen LogP contribution in [0.25, 0.3) is 0 Å². The largest absolute Gasteiger partial charge is 0.382 e. The van der Waals surface area contributed by atoms with Crippen molar-refractivity contribution >= 4 is 0 Å². The summed E-state index contributed by atoms with van der Waals surface area (Å²) >= 11 is 0. The van der Waals surface area contributed by atoms with E-state index < -0.39 is 0 Å². The molecule has 2 fully saturated rings. The summed E-state index contributed by atoms with van der Waals surface area (Å²) in [7, 11) is 1.67. The minimum absolute atomic E-state index is 0.0352. The van der Waals surface area contributed by atoms with Crippen molar-refractivity contribution in [1.29, 1.82) is 0 Å². The molecule has 3 unspecified atom stereocenters. The van der Waals surface area contributed by atoms with Crippen molar-refractivity contribution in [2.45, 2.75) is 43.6 Å². The van der Waals surface area contributed by atoms with Gasteiger partial charge in [0.15, 0.2) is 0 Å². The number of ether oxygens (including phenoxy) is 4. The van der Waals surface area contributed by atoms with Crippen LogP contribution in [-0.2, 0) is 18.9 Å². The first-order chi connectivity index (χ1) is 8.31. The standard InChI is InChI=1S/C12H23NO4/c1-14-6-7-16-12-10(13)8-11(12)17-9-2-4-15-5-3-9/h9-12H,2-8,13H2,1H3. The molecule has 0 bridgehead atoms. The molecular formula is C12H23NO4. The van der Waals surface area contributed by atoms with Crippen molar-refractivity contribution in [3.8, 4) is 0 Å². The van der Waals surface area contributed by atoms with E-state index >= 15 is 0 Å². The minimum atomic E-state index is 0.0352. The molecule has 0 aromatic rings. The Hall–Kier alpha value is -0.200. The summed E-state index contributed by atoms with van der Waals surface area (Å²) in [6.45, 7) is 2.80. The maximum Gasteiger partial charge on any atom is 0.0989 e. The van der Waals surface area contributed by atoms with E-state index in [-0.39, 0.29) is 18.2 Å². The molecule has 0 radical (unpaired) electrons. The highest BCUT2D eigenvalue weighted by Gasteiger charge is 2.41. The monoisotopic (exact) mass is 245 g/mol. The van der Waals surface area contributed by atoms with Crippen LogP contribution in [-0.4, -0.2) is 57.9 Å². The maximum atomic E-state index is 6.02. The average molecular weight is 245 g/mol. The highest BCUT2D eigenvalue weighted by atomic mass is 16.6. The first kappa shape index (κ1) is 13.2. The summed E-state index contributed by atoms with van der Waals surface area (Å²) in [5.74, 6) is 0. The van der Waals surface area contributed by atoms with Gasteiger partial charge in [0, 0.05) is 26.4 Å². The minimum Gasteiger partial charge on any atom is -0.382 e. The molecular weight excluding hydrogens is 222 g/mol. The topological polar surface area (TPSA) is 62.9 Å². The van der Waals surface area contributed by atoms with Crippen LogP contribution in [0.3, 0.4) is 0 Å². The molecule has 1 aliphatic carbocycles. The van der Waals surface area contributed by atoms with Crippen molar-refractivity contribution in [3.63, 3.8) is 0 Å². The Balaban J connectivity index is 1.68. The van der Waals surface area contributed by atoms with Crippen LogP contribution in [0.1, 0.15) is 19.3 Å². The average Bonchev–Trinajstić information content (AvgIpc) is 2.35. The summed E-state index contributed by atoms with van der Waals surface area (Å²) in [5, 5.41) is 0. The number of nitrogens with two attached hydrogens (primary N) is 1. The highest BCUT2D eigenvalue weighted by Crippen LogP contribution is 2.28. The van der Waals surface area contributed by atoms with Crippen LogP contribution in [0.2, 0.25) is 0 Å². The lowest BCUT2D eigenvalue weighted by Crippen LogP contribution is -2.59. The Bertz CT molecular complexity index is 221. The van der Waals surface area contributed by atoms with Gasteiger partial charge in [0.25, 0.3) is 0 Å². The Labute approximate surface area is 103 Å². The van der Waals surface area contributed by atoms with E-state index in [1.807, 2.05) is 0 Å². The molecule has 0 aromatic heterocycles. The third kappa shape index (κ3) is 3.63. The van der Waals surface area contributed by atoms with Crippen LogP contribution < -0.4 is 5.73 Å². The molecule has 17 heavy (non-hydrogen) atoms. The molecule has 2 rings (SSSR count). The summed E-state index contributed by atoms with van der Waals surface area (Å²) in [4.78, 5) is 0. The second-order valence-electron chi connectivity index (χ2n) is 4.71. The van der Waals surface area contributed by atoms with E-state index in [9.17, 15) is 0 Å². The van der Waals surface area contributed by atoms with Crippen LogP contribution in [0.5, 0.6) is 0 Å². The molecule has 2 aliphatic rings. The first-order valence-electron chi connectivity index (χ1n) is 6.40. The second-order valence-corrected chi connectivity index (χ2v) is 4.71. The molecule has 100 valence electrons. The molecule has 1 aliphatic heterocycles. The van der Waals surface area contributed by atoms with Crippen LogP contribution >= 0.6 is 0 Å². The zero-order chi connectivity index (χ0) is 12.1. The van der Waals surface area contributed by atoms with Gasteiger partial charge < -0.3 is 24.7 Å². The van der Waals surface area contributed by atoms with Crippen molar-refractivity contribution in [1.82, 2.24) is 0 Å². The quantitative estimate of drug-likeness (QED) is 0.683. The highest BCUT2D eigenvalue weighted by molar-refractivity contribution is 4.95. The predicted octanol–water partition coefficient (Wildman–Crippen LogP) is 0.313. The zero-order valence-corrected chi connectivity index (χ0v) is 10.5. The smallest absolute Gasteiger partial charge is 0.0989 e. The number of rotatable bonds is 6. The van der Waals surface area contributed by atoms with Gasteiger partial charge in [-0.2, -0.15) is 0 Å². The van der Waals surface area contributed by atoms with E-state index in [2.05, 4.69) is 0 Å². The molecule has 1 saturated carbocycles. The van der Waals surface area contributed by atoms with Gasteiger partial charge in [0.1, 0.15) is 0 Å². The van der Waals surface area contributed by atoms with E-state index in [4.69, 9.17) is 24.7 Å². The molecule has 2 N–H and O–H groups in total. The van der Waals surface area contributed by atoms with E-state index in [0.29, 0.717) is 19.3 Å². The predicted molar refractivity (Wildman–Crippen MR) is 62.9 cm³/mol. The van der Waals surface area contributed by atoms with E-state index in [0.717, 1.165) is 32.5 Å². The van der Waals surface area contributed by atoms with Gasteiger partial charge in [0.2, 0.25) is 0 Å². The molecule has 0 amide bonds. The lowest BCUT2D eigenvalue weighted by Gasteiger charge is -2.43. The fourth-order valence-electron chi connectivity index (χ4n) is 2.31. The molecule has 0 spiro atoms. The van der Waals surface area contributed by atoms with Gasteiger partial charge in [-0.1, -0.05) is 0 Å². The molecule has 1 saturated heterocycles. The molecule has 5 heteroatoms. The third-order valence-electron chi connectivity index (χ3n) is 3.43. The van der Waals surface area contributed by atoms with Gasteiger partial charge >= 0.3 is 0 Å². The summed E-state index contributed by atoms with van der Waals surface area (Å²) in [6.07, 6.45) is 3.37. The lowest BCUT2D eigenvalue weighted by atomic mass is 9.85. The van der Waals surface area contributed by atoms with Crippen LogP contribution in [0.15, 0.2) is 0 Å². The fraction of sp³-hybridized carbons (Fsp3) is 1.00. The first-order valence-corrected chi connectivity index (χ1v) is 6.40. The van der Waals surface area contributed by atoms with Gasteiger partial charge in [-0.3, -0.25) is 0 Å². The van der Waals surface area contributed by atoms with Crippen LogP contribution in [0.4, 0.5) is 0 Å². The Morgan fingerprint density at radius 1 is 1.24 bits per heavy atom. The Kier molecular flexibility index (Phi) is 5.18. The zero-order valence-electron chi connectivity index (χ0n) is 10.5. The summed E-state index contributed by atoms with van der Waals surface area (Å²) in [5.41, 5.74) is 5.93. The van der Waals surface area contributed by atoms with Crippen molar-refractivity contribution in [3.05, 3.63) is 0 Å². The number of hydrogen-bond donors (Lipinski definition) is 1. The molecule has 0 aromatic carbocycles. The van der Waals surface area contributed by atoms with Gasteiger partial charge in [-0.05, 0) is 19.3 Å². The van der Waals surface area contributed by atoms with Crippen molar-refractivity contribution in [2.75, 3.05) is 33.5 Å². The maximum absolute atomic E-state index is 6.02. The van der Waals surface area contributed by atoms with Gasteiger partial charge in [-0.25, -0.2) is 0 Å². The molecule has 1 heterocycles. The number of methoxy groups -OCH3 is 1. The van der Waals surface area contributed by atoms with Crippen molar-refractivity contribution in [2.24, 2.45) is 5.73 Å². The summed E-state index contributed by atoms with van der Waals surface area (Å²) in [6, 6.07) is 0.108. The number of hydrogen-bond acceptors (Lipinski definition) is 5. The van der Waals surface area contributed by atoms with Crippen LogP contribution in [0, 0.1) is 0 Å². The molecule has 5 nitrogen and oxygen atoms in total. The van der Waals surface area contributed by atoms with E-state index in [1.165, 1.54) is 0 Å². The van der Waals surface area contributed by atoms with Crippen molar-refractivity contribution < 1.29 is 18.9 Å². The Morgan fingerprint density at radius 2 is 2.00 bits per heavy atom. The van der Waals surface area contributed by atoms with Gasteiger partial charge in [0.05, 0.1) is 31.5 Å². The SMILES string of the molecule is COCCOC1C(N)CC1OC1CCOCC1. The normalized spacial score (nSPS) is 34.6. The van der Waals surface area contributed by atoms with Gasteiger partial charge in [-0.15, -0.1) is 0 Å². The van der Waals surface area contributed by atoms with E-state index in [1.54, 1.807) is 7.11 Å². The lowest BCUT2D eigenvalue weighted by molar-refractivity contribution is -0.177. The summed E-state index contributed by atoms with van der Waals surface area (Å²) < 4.78 is 22.0. The second kappa shape index (κ2) is 6.66.